The van der Waals surface area contributed by atoms with Gasteiger partial charge in [0.1, 0.15) is 0 Å². The van der Waals surface area contributed by atoms with E-state index in [1.807, 2.05) is 13.8 Å². The minimum Gasteiger partial charge on any atom is -0.463 e. The van der Waals surface area contributed by atoms with E-state index < -0.39 is 11.6 Å². The Morgan fingerprint density at radius 2 is 2.07 bits per heavy atom. The highest BCUT2D eigenvalue weighted by molar-refractivity contribution is 5.79. The lowest BCUT2D eigenvalue weighted by Crippen LogP contribution is -2.41. The van der Waals surface area contributed by atoms with Gasteiger partial charge in [-0.2, -0.15) is 5.26 Å². The molecule has 0 radical (unpaired) electrons. The summed E-state index contributed by atoms with van der Waals surface area (Å²) in [6.07, 6.45) is 4.39. The Kier molecular flexibility index (Phi) is 6.52. The lowest BCUT2D eigenvalue weighted by atomic mass is 9.93. The van der Waals surface area contributed by atoms with E-state index in [1.165, 1.54) is 0 Å². The average Bonchev–Trinajstić information content (AvgIpc) is 2.24. The summed E-state index contributed by atoms with van der Waals surface area (Å²) in [6.45, 7) is 5.90. The number of ether oxygens (including phenoxy) is 2. The van der Waals surface area contributed by atoms with Crippen molar-refractivity contribution in [2.75, 3.05) is 6.61 Å². The number of rotatable bonds is 7. The van der Waals surface area contributed by atoms with E-state index in [0.717, 1.165) is 12.8 Å². The van der Waals surface area contributed by atoms with Crippen LogP contribution in [0.3, 0.4) is 0 Å². The van der Waals surface area contributed by atoms with Crippen LogP contribution < -0.4 is 0 Å². The second-order valence-electron chi connectivity index (χ2n) is 3.37. The Morgan fingerprint density at radius 3 is 2.47 bits per heavy atom. The van der Waals surface area contributed by atoms with Crippen LogP contribution in [0.15, 0.2) is 0 Å². The predicted octanol–water partition coefficient (Wildman–Crippen LogP) is 2.39. The Hall–Kier alpha value is -1.24. The van der Waals surface area contributed by atoms with Crippen molar-refractivity contribution >= 4 is 5.97 Å². The van der Waals surface area contributed by atoms with E-state index in [2.05, 4.69) is 0 Å². The van der Waals surface area contributed by atoms with Gasteiger partial charge in [-0.15, -0.1) is 0 Å². The first-order valence-corrected chi connectivity index (χ1v) is 5.41. The third-order valence-electron chi connectivity index (χ3n) is 2.39. The lowest BCUT2D eigenvalue weighted by molar-refractivity contribution is -0.166. The summed E-state index contributed by atoms with van der Waals surface area (Å²) in [5, 5.41) is 8.57. The molecule has 15 heavy (non-hydrogen) atoms. The SMILES string of the molecule is CCCC[C@](CC)(OC#N)C(=O)OCC. The molecular formula is C11H19NO3. The van der Waals surface area contributed by atoms with Gasteiger partial charge in [-0.05, 0) is 26.2 Å². The lowest BCUT2D eigenvalue weighted by Gasteiger charge is -2.26. The first-order chi connectivity index (χ1) is 7.16. The van der Waals surface area contributed by atoms with Crippen LogP contribution >= 0.6 is 0 Å². The number of nitrogens with zero attached hydrogens (tertiary/aromatic N) is 1. The van der Waals surface area contributed by atoms with Crippen molar-refractivity contribution in [1.82, 2.24) is 0 Å². The Bertz CT molecular complexity index is 234. The van der Waals surface area contributed by atoms with Crippen molar-refractivity contribution < 1.29 is 14.3 Å². The standard InChI is InChI=1S/C11H19NO3/c1-4-7-8-11(5-2,15-9-12)10(13)14-6-3/h4-8H2,1-3H3/t11-/m0/s1. The molecule has 4 nitrogen and oxygen atoms in total. The molecule has 0 aliphatic carbocycles. The fraction of sp³-hybridized carbons (Fsp3) is 0.818. The Labute approximate surface area is 91.2 Å². The van der Waals surface area contributed by atoms with Crippen molar-refractivity contribution in [2.45, 2.75) is 52.1 Å². The maximum absolute atomic E-state index is 11.7. The van der Waals surface area contributed by atoms with Crippen LogP contribution in [0, 0.1) is 11.5 Å². The van der Waals surface area contributed by atoms with Crippen molar-refractivity contribution in [3.63, 3.8) is 0 Å². The third kappa shape index (κ3) is 3.78. The zero-order valence-electron chi connectivity index (χ0n) is 9.71. The van der Waals surface area contributed by atoms with Gasteiger partial charge in [0.25, 0.3) is 6.26 Å². The number of carbonyl (C=O) groups excluding carboxylic acids is 1. The summed E-state index contributed by atoms with van der Waals surface area (Å²) in [5.74, 6) is -0.428. The van der Waals surface area contributed by atoms with Crippen molar-refractivity contribution in [1.29, 1.82) is 5.26 Å². The molecule has 0 aliphatic heterocycles. The summed E-state index contributed by atoms with van der Waals surface area (Å²) in [5.41, 5.74) is -1.07. The molecule has 0 aromatic carbocycles. The number of nitriles is 1. The molecule has 0 unspecified atom stereocenters. The maximum Gasteiger partial charge on any atom is 0.351 e. The molecule has 0 spiro atoms. The minimum absolute atomic E-state index is 0.307. The number of unbranched alkanes of at least 4 members (excludes halogenated alkanes) is 1. The monoisotopic (exact) mass is 213 g/mol. The van der Waals surface area contributed by atoms with E-state index in [0.29, 0.717) is 19.4 Å². The fourth-order valence-electron chi connectivity index (χ4n) is 1.40. The number of esters is 1. The highest BCUT2D eigenvalue weighted by atomic mass is 16.6. The van der Waals surface area contributed by atoms with E-state index in [-0.39, 0.29) is 0 Å². The molecule has 0 aromatic heterocycles. The van der Waals surface area contributed by atoms with Gasteiger partial charge in [-0.3, -0.25) is 0 Å². The molecule has 0 saturated carbocycles. The zero-order valence-corrected chi connectivity index (χ0v) is 9.71. The van der Waals surface area contributed by atoms with Crippen LogP contribution in [0.25, 0.3) is 0 Å². The van der Waals surface area contributed by atoms with Crippen molar-refractivity contribution in [3.8, 4) is 6.26 Å². The van der Waals surface area contributed by atoms with Crippen LogP contribution in [0.5, 0.6) is 0 Å². The van der Waals surface area contributed by atoms with Crippen LogP contribution in [-0.4, -0.2) is 18.2 Å². The van der Waals surface area contributed by atoms with Crippen LogP contribution in [0.1, 0.15) is 46.5 Å². The van der Waals surface area contributed by atoms with Crippen LogP contribution in [0.2, 0.25) is 0 Å². The molecule has 86 valence electrons. The molecule has 1 atom stereocenters. The second-order valence-corrected chi connectivity index (χ2v) is 3.37. The smallest absolute Gasteiger partial charge is 0.351 e. The summed E-state index contributed by atoms with van der Waals surface area (Å²) >= 11 is 0. The molecule has 0 aliphatic rings. The first-order valence-electron chi connectivity index (χ1n) is 5.41. The van der Waals surface area contributed by atoms with Gasteiger partial charge in [-0.25, -0.2) is 4.79 Å². The van der Waals surface area contributed by atoms with Crippen LogP contribution in [-0.2, 0) is 14.3 Å². The molecule has 0 heterocycles. The summed E-state index contributed by atoms with van der Waals surface area (Å²) < 4.78 is 9.86. The van der Waals surface area contributed by atoms with Crippen molar-refractivity contribution in [3.05, 3.63) is 0 Å². The highest BCUT2D eigenvalue weighted by Crippen LogP contribution is 2.25. The fourth-order valence-corrected chi connectivity index (χ4v) is 1.40. The van der Waals surface area contributed by atoms with Gasteiger partial charge in [0.2, 0.25) is 5.60 Å². The van der Waals surface area contributed by atoms with Gasteiger partial charge in [0, 0.05) is 0 Å². The van der Waals surface area contributed by atoms with E-state index in [1.54, 1.807) is 13.2 Å². The van der Waals surface area contributed by atoms with Gasteiger partial charge in [0.05, 0.1) is 6.61 Å². The number of hydrogen-bond acceptors (Lipinski definition) is 4. The second kappa shape index (κ2) is 7.10. The van der Waals surface area contributed by atoms with E-state index in [9.17, 15) is 4.79 Å². The molecule has 0 aromatic rings. The van der Waals surface area contributed by atoms with Crippen LogP contribution in [0.4, 0.5) is 0 Å². The van der Waals surface area contributed by atoms with Gasteiger partial charge < -0.3 is 9.47 Å². The maximum atomic E-state index is 11.7. The molecule has 0 fully saturated rings. The largest absolute Gasteiger partial charge is 0.463 e. The van der Waals surface area contributed by atoms with Gasteiger partial charge in [0.15, 0.2) is 0 Å². The Morgan fingerprint density at radius 1 is 1.40 bits per heavy atom. The molecule has 4 heteroatoms. The highest BCUT2D eigenvalue weighted by Gasteiger charge is 2.40. The van der Waals surface area contributed by atoms with Gasteiger partial charge in [-0.1, -0.05) is 20.3 Å². The summed E-state index contributed by atoms with van der Waals surface area (Å²) in [7, 11) is 0. The predicted molar refractivity (Wildman–Crippen MR) is 55.9 cm³/mol. The number of hydrogen-bond donors (Lipinski definition) is 0. The average molecular weight is 213 g/mol. The Balaban J connectivity index is 4.64. The minimum atomic E-state index is -1.07. The normalized spacial score (nSPS) is 13.7. The zero-order chi connectivity index (χ0) is 11.7. The first kappa shape index (κ1) is 13.8. The molecular weight excluding hydrogens is 194 g/mol. The molecule has 0 bridgehead atoms. The molecule has 0 amide bonds. The van der Waals surface area contributed by atoms with E-state index in [4.69, 9.17) is 14.7 Å². The molecule has 0 N–H and O–H groups in total. The third-order valence-corrected chi connectivity index (χ3v) is 2.39. The quantitative estimate of drug-likeness (QED) is 0.481. The van der Waals surface area contributed by atoms with Gasteiger partial charge >= 0.3 is 5.97 Å². The summed E-state index contributed by atoms with van der Waals surface area (Å²) in [6, 6.07) is 0. The molecule has 0 rings (SSSR count). The topological polar surface area (TPSA) is 59.3 Å². The van der Waals surface area contributed by atoms with E-state index >= 15 is 0 Å². The number of carbonyl (C=O) groups is 1. The summed E-state index contributed by atoms with van der Waals surface area (Å²) in [4.78, 5) is 11.7. The van der Waals surface area contributed by atoms with Crippen molar-refractivity contribution in [2.24, 2.45) is 0 Å². The molecule has 0 saturated heterocycles.